The Labute approximate surface area is 214 Å². The van der Waals surface area contributed by atoms with Crippen molar-refractivity contribution in [1.82, 2.24) is 4.57 Å². The van der Waals surface area contributed by atoms with Crippen LogP contribution in [-0.2, 0) is 4.79 Å². The molecule has 0 radical (unpaired) electrons. The molecule has 0 atom stereocenters. The van der Waals surface area contributed by atoms with Gasteiger partial charge in [0.2, 0.25) is 5.82 Å². The summed E-state index contributed by atoms with van der Waals surface area (Å²) in [4.78, 5) is 13.0. The molecule has 9 heteroatoms. The van der Waals surface area contributed by atoms with E-state index >= 15 is 0 Å². The molecule has 1 aliphatic heterocycles. The minimum Gasteiger partial charge on any atom is -0.318 e. The third-order valence-corrected chi connectivity index (χ3v) is 6.46. The van der Waals surface area contributed by atoms with E-state index in [1.54, 1.807) is 0 Å². The summed E-state index contributed by atoms with van der Waals surface area (Å²) in [7, 11) is 0. The average molecular weight is 521 g/mol. The number of hydrazone groups is 1. The summed E-state index contributed by atoms with van der Waals surface area (Å²) in [6.45, 7) is 5.15. The minimum atomic E-state index is -2.31. The SMILES string of the molecule is CC1=NN(c2c(F)c(F)c(F)c(F)c2F)C(=O)/C1=C\c1cc(C)n(-c2ccc(-c3ccccc3)cc2)c1C. The second kappa shape index (κ2) is 9.41. The summed E-state index contributed by atoms with van der Waals surface area (Å²) < 4.78 is 71.6. The molecule has 0 unspecified atom stereocenters. The second-order valence-corrected chi connectivity index (χ2v) is 8.85. The predicted molar refractivity (Wildman–Crippen MR) is 135 cm³/mol. The van der Waals surface area contributed by atoms with E-state index < -0.39 is 40.7 Å². The largest absolute Gasteiger partial charge is 0.318 e. The fourth-order valence-electron chi connectivity index (χ4n) is 4.54. The van der Waals surface area contributed by atoms with Crippen molar-refractivity contribution in [3.8, 4) is 16.8 Å². The van der Waals surface area contributed by atoms with Gasteiger partial charge in [-0.2, -0.15) is 10.1 Å². The summed E-state index contributed by atoms with van der Waals surface area (Å²) in [5.41, 5.74) is 3.90. The molecular weight excluding hydrogens is 501 g/mol. The van der Waals surface area contributed by atoms with E-state index in [0.29, 0.717) is 5.56 Å². The number of anilines is 1. The molecule has 5 rings (SSSR count). The number of halogens is 5. The molecule has 1 aliphatic rings. The summed E-state index contributed by atoms with van der Waals surface area (Å²) in [5, 5.41) is 4.00. The summed E-state index contributed by atoms with van der Waals surface area (Å²) in [6, 6.07) is 19.7. The molecule has 0 bridgehead atoms. The molecule has 0 saturated heterocycles. The molecule has 3 aromatic carbocycles. The van der Waals surface area contributed by atoms with Gasteiger partial charge in [-0.15, -0.1) is 0 Å². The van der Waals surface area contributed by atoms with Crippen molar-refractivity contribution in [2.75, 3.05) is 5.01 Å². The quantitative estimate of drug-likeness (QED) is 0.121. The second-order valence-electron chi connectivity index (χ2n) is 8.85. The number of hydrogen-bond acceptors (Lipinski definition) is 2. The molecule has 4 nitrogen and oxygen atoms in total. The van der Waals surface area contributed by atoms with Crippen LogP contribution in [-0.4, -0.2) is 16.2 Å². The molecule has 1 amide bonds. The maximum absolute atomic E-state index is 14.3. The van der Waals surface area contributed by atoms with Gasteiger partial charge < -0.3 is 4.57 Å². The topological polar surface area (TPSA) is 37.6 Å². The van der Waals surface area contributed by atoms with Crippen LogP contribution in [0.2, 0.25) is 0 Å². The van der Waals surface area contributed by atoms with Crippen LogP contribution < -0.4 is 5.01 Å². The normalized spacial score (nSPS) is 14.5. The summed E-state index contributed by atoms with van der Waals surface area (Å²) in [5.74, 6) is -11.9. The number of rotatable bonds is 4. The van der Waals surface area contributed by atoms with Crippen molar-refractivity contribution >= 4 is 23.4 Å². The van der Waals surface area contributed by atoms with Gasteiger partial charge in [0, 0.05) is 17.1 Å². The van der Waals surface area contributed by atoms with Gasteiger partial charge in [0.15, 0.2) is 23.3 Å². The maximum Gasteiger partial charge on any atom is 0.280 e. The number of amides is 1. The van der Waals surface area contributed by atoms with Crippen LogP contribution in [0.4, 0.5) is 27.6 Å². The number of nitrogens with zero attached hydrogens (tertiary/aromatic N) is 3. The Morgan fingerprint density at radius 2 is 1.29 bits per heavy atom. The molecule has 192 valence electrons. The lowest BCUT2D eigenvalue weighted by molar-refractivity contribution is -0.114. The van der Waals surface area contributed by atoms with E-state index in [4.69, 9.17) is 0 Å². The zero-order valence-electron chi connectivity index (χ0n) is 20.5. The van der Waals surface area contributed by atoms with Crippen LogP contribution in [0, 0.1) is 42.9 Å². The van der Waals surface area contributed by atoms with E-state index in [1.807, 2.05) is 79.1 Å². The Hall–Kier alpha value is -4.53. The Kier molecular flexibility index (Phi) is 6.22. The number of benzene rings is 3. The van der Waals surface area contributed by atoms with Gasteiger partial charge in [-0.3, -0.25) is 4.79 Å². The molecule has 2 heterocycles. The molecule has 0 N–H and O–H groups in total. The Bertz CT molecular complexity index is 1630. The van der Waals surface area contributed by atoms with Crippen molar-refractivity contribution in [3.63, 3.8) is 0 Å². The van der Waals surface area contributed by atoms with Crippen LogP contribution in [0.5, 0.6) is 0 Å². The van der Waals surface area contributed by atoms with Gasteiger partial charge in [0.25, 0.3) is 5.91 Å². The highest BCUT2D eigenvalue weighted by atomic mass is 19.2. The van der Waals surface area contributed by atoms with Crippen molar-refractivity contribution in [3.05, 3.63) is 112 Å². The standard InChI is InChI=1S/C29H20F5N3O/c1-15-13-20(17(3)36(15)21-11-9-19(10-12-21)18-7-5-4-6-8-18)14-22-16(2)35-37(29(22)38)28-26(33)24(31)23(30)25(32)27(28)34/h4-14H,1-3H3/b22-14-. The van der Waals surface area contributed by atoms with Crippen molar-refractivity contribution in [2.45, 2.75) is 20.8 Å². The highest BCUT2D eigenvalue weighted by Crippen LogP contribution is 2.34. The Morgan fingerprint density at radius 3 is 1.89 bits per heavy atom. The average Bonchev–Trinajstić information content (AvgIpc) is 3.36. The van der Waals surface area contributed by atoms with Gasteiger partial charge in [0.05, 0.1) is 11.3 Å². The number of aryl methyl sites for hydroxylation is 1. The third kappa shape index (κ3) is 4.00. The molecule has 0 fully saturated rings. The number of aromatic nitrogens is 1. The first-order chi connectivity index (χ1) is 18.1. The van der Waals surface area contributed by atoms with E-state index in [2.05, 4.69) is 5.10 Å². The number of carbonyl (C=O) groups excluding carboxylic acids is 1. The zero-order valence-corrected chi connectivity index (χ0v) is 20.5. The smallest absolute Gasteiger partial charge is 0.280 e. The lowest BCUT2D eigenvalue weighted by Crippen LogP contribution is -2.25. The Morgan fingerprint density at radius 1 is 0.737 bits per heavy atom. The van der Waals surface area contributed by atoms with Gasteiger partial charge >= 0.3 is 0 Å². The number of hydrogen-bond donors (Lipinski definition) is 0. The van der Waals surface area contributed by atoms with E-state index in [-0.39, 0.29) is 16.3 Å². The van der Waals surface area contributed by atoms with Gasteiger partial charge in [-0.1, -0.05) is 42.5 Å². The van der Waals surface area contributed by atoms with E-state index in [9.17, 15) is 26.7 Å². The minimum absolute atomic E-state index is 0.0337. The highest BCUT2D eigenvalue weighted by Gasteiger charge is 2.37. The summed E-state index contributed by atoms with van der Waals surface area (Å²) >= 11 is 0. The maximum atomic E-state index is 14.3. The van der Waals surface area contributed by atoms with Gasteiger partial charge in [-0.25, -0.2) is 22.0 Å². The predicted octanol–water partition coefficient (Wildman–Crippen LogP) is 7.26. The molecule has 0 spiro atoms. The first-order valence-corrected chi connectivity index (χ1v) is 11.6. The molecule has 0 aliphatic carbocycles. The molecule has 1 aromatic heterocycles. The van der Waals surface area contributed by atoms with E-state index in [1.165, 1.54) is 13.0 Å². The van der Waals surface area contributed by atoms with E-state index in [0.717, 1.165) is 28.2 Å². The first-order valence-electron chi connectivity index (χ1n) is 11.6. The monoisotopic (exact) mass is 521 g/mol. The van der Waals surface area contributed by atoms with Crippen molar-refractivity contribution < 1.29 is 26.7 Å². The van der Waals surface area contributed by atoms with Crippen LogP contribution in [0.15, 0.2) is 71.3 Å². The number of carbonyl (C=O) groups is 1. The first kappa shape index (κ1) is 25.1. The van der Waals surface area contributed by atoms with Crippen LogP contribution in [0.3, 0.4) is 0 Å². The van der Waals surface area contributed by atoms with Crippen molar-refractivity contribution in [1.29, 1.82) is 0 Å². The molecular formula is C29H20F5N3O. The van der Waals surface area contributed by atoms with Crippen molar-refractivity contribution in [2.24, 2.45) is 5.10 Å². The fourth-order valence-corrected chi connectivity index (χ4v) is 4.54. The lowest BCUT2D eigenvalue weighted by Gasteiger charge is -2.15. The van der Waals surface area contributed by atoms with Crippen LogP contribution in [0.25, 0.3) is 22.9 Å². The zero-order chi connectivity index (χ0) is 27.3. The fraction of sp³-hybridized carbons (Fsp3) is 0.103. The summed E-state index contributed by atoms with van der Waals surface area (Å²) in [6.07, 6.45) is 1.49. The third-order valence-electron chi connectivity index (χ3n) is 6.46. The lowest BCUT2D eigenvalue weighted by atomic mass is 10.1. The highest BCUT2D eigenvalue weighted by molar-refractivity contribution is 6.32. The molecule has 38 heavy (non-hydrogen) atoms. The van der Waals surface area contributed by atoms with Gasteiger partial charge in [0.1, 0.15) is 5.69 Å². The molecule has 0 saturated carbocycles. The van der Waals surface area contributed by atoms with Gasteiger partial charge in [-0.05, 0) is 61.7 Å². The van der Waals surface area contributed by atoms with Crippen LogP contribution in [0.1, 0.15) is 23.9 Å². The van der Waals surface area contributed by atoms with Crippen LogP contribution >= 0.6 is 0 Å². The Balaban J connectivity index is 1.50. The molecule has 4 aromatic rings.